The van der Waals surface area contributed by atoms with Gasteiger partial charge in [0, 0.05) is 11.1 Å². The normalized spacial score (nSPS) is 11.5. The van der Waals surface area contributed by atoms with Gasteiger partial charge >= 0.3 is 11.6 Å². The van der Waals surface area contributed by atoms with Crippen molar-refractivity contribution in [1.82, 2.24) is 0 Å². The van der Waals surface area contributed by atoms with Gasteiger partial charge in [0.25, 0.3) is 0 Å². The summed E-state index contributed by atoms with van der Waals surface area (Å²) in [5.74, 6) is -5.78. The smallest absolute Gasteiger partial charge is 0.351 e. The Hall–Kier alpha value is -2.66. The van der Waals surface area contributed by atoms with Crippen LogP contribution in [-0.4, -0.2) is 33.9 Å². The van der Waals surface area contributed by atoms with Gasteiger partial charge in [0.15, 0.2) is 17.1 Å². The maximum Gasteiger partial charge on any atom is 0.351 e. The number of carbonyl (C=O) groups excluding carboxylic acids is 1. The summed E-state index contributed by atoms with van der Waals surface area (Å²) < 4.78 is 30.7. The number of carbonyl (C=O) groups is 2. The van der Waals surface area contributed by atoms with Crippen molar-refractivity contribution in [3.8, 4) is 5.75 Å². The number of primary amides is 1. The second kappa shape index (κ2) is 7.75. The van der Waals surface area contributed by atoms with Crippen LogP contribution in [0.4, 0.5) is 8.78 Å². The van der Waals surface area contributed by atoms with Crippen molar-refractivity contribution in [2.24, 2.45) is 11.5 Å². The molecule has 0 aliphatic heterocycles. The molecule has 11 heteroatoms. The molecule has 0 aliphatic rings. The molecule has 0 saturated heterocycles. The molecule has 0 radical (unpaired) electrons. The lowest BCUT2D eigenvalue weighted by Gasteiger charge is -2.02. The van der Waals surface area contributed by atoms with E-state index in [1.807, 2.05) is 0 Å². The number of phenols is 1. The number of aromatic carboxylic acids is 1. The minimum atomic E-state index is -1.57. The van der Waals surface area contributed by atoms with Crippen LogP contribution in [0.1, 0.15) is 10.4 Å². The average molecular weight is 362 g/mol. The highest BCUT2D eigenvalue weighted by atomic mass is 32.1. The van der Waals surface area contributed by atoms with E-state index in [9.17, 15) is 23.2 Å². The third-order valence-electron chi connectivity index (χ3n) is 2.68. The van der Waals surface area contributed by atoms with Crippen molar-refractivity contribution < 1.29 is 33.0 Å². The molecule has 2 rings (SSSR count). The molecule has 1 heterocycles. The topological polar surface area (TPSA) is 157 Å². The van der Waals surface area contributed by atoms with Gasteiger partial charge in [0.05, 0.1) is 6.04 Å². The standard InChI is InChI=1S/C10H4F2O5.C3H8N2OS/c11-5-2-3-1-4(9(14)15)10(16)17-8(3)6(12)7(5)13;4-2(1-7)3(5)6/h1-2,13H,(H,14,15);2,7H,1,4H2,(H2,5,6)/t;2-/m.0/s1. The first-order valence-corrected chi connectivity index (χ1v) is 6.77. The molecule has 0 unspecified atom stereocenters. The fraction of sp³-hybridized carbons (Fsp3) is 0.154. The number of hydrogen-bond donors (Lipinski definition) is 5. The minimum Gasteiger partial charge on any atom is -0.503 e. The van der Waals surface area contributed by atoms with Crippen LogP contribution < -0.4 is 17.1 Å². The maximum absolute atomic E-state index is 13.3. The van der Waals surface area contributed by atoms with Crippen molar-refractivity contribution in [1.29, 1.82) is 0 Å². The summed E-state index contributed by atoms with van der Waals surface area (Å²) in [6.07, 6.45) is 0. The summed E-state index contributed by atoms with van der Waals surface area (Å²) in [5.41, 5.74) is 7.07. The van der Waals surface area contributed by atoms with Crippen LogP contribution in [0.25, 0.3) is 11.0 Å². The summed E-state index contributed by atoms with van der Waals surface area (Å²) in [6.45, 7) is 0. The summed E-state index contributed by atoms with van der Waals surface area (Å²) in [5, 5.41) is 17.3. The number of phenolic OH excluding ortho intramolecular Hbond substituents is 1. The first-order chi connectivity index (χ1) is 11.1. The zero-order valence-corrected chi connectivity index (χ0v) is 12.7. The average Bonchev–Trinajstić information content (AvgIpc) is 2.52. The molecule has 24 heavy (non-hydrogen) atoms. The molecule has 1 amide bonds. The molecule has 0 fully saturated rings. The highest BCUT2D eigenvalue weighted by molar-refractivity contribution is 7.80. The quantitative estimate of drug-likeness (QED) is 0.386. The van der Waals surface area contributed by atoms with Crippen molar-refractivity contribution in [2.45, 2.75) is 6.04 Å². The van der Waals surface area contributed by atoms with E-state index >= 15 is 0 Å². The predicted molar refractivity (Wildman–Crippen MR) is 82.0 cm³/mol. The second-order valence-electron chi connectivity index (χ2n) is 4.38. The third-order valence-corrected chi connectivity index (χ3v) is 3.08. The van der Waals surface area contributed by atoms with Crippen molar-refractivity contribution in [3.63, 3.8) is 0 Å². The van der Waals surface area contributed by atoms with Crippen LogP contribution in [0.3, 0.4) is 0 Å². The first kappa shape index (κ1) is 19.4. The number of hydrogen-bond acceptors (Lipinski definition) is 7. The van der Waals surface area contributed by atoms with Gasteiger partial charge in [0.2, 0.25) is 11.7 Å². The minimum absolute atomic E-state index is 0.269. The molecular weight excluding hydrogens is 350 g/mol. The van der Waals surface area contributed by atoms with Gasteiger partial charge in [-0.15, -0.1) is 0 Å². The monoisotopic (exact) mass is 362 g/mol. The van der Waals surface area contributed by atoms with Gasteiger partial charge in [-0.05, 0) is 12.1 Å². The van der Waals surface area contributed by atoms with Crippen molar-refractivity contribution >= 4 is 35.5 Å². The zero-order chi connectivity index (χ0) is 18.6. The Morgan fingerprint density at radius 1 is 1.33 bits per heavy atom. The number of thiol groups is 1. The summed E-state index contributed by atoms with van der Waals surface area (Å²) in [7, 11) is 0. The highest BCUT2D eigenvalue weighted by Crippen LogP contribution is 2.28. The Morgan fingerprint density at radius 2 is 1.92 bits per heavy atom. The van der Waals surface area contributed by atoms with E-state index in [0.29, 0.717) is 11.8 Å². The number of carboxylic acids is 1. The number of carboxylic acid groups (broad SMARTS) is 1. The molecule has 1 atom stereocenters. The molecule has 8 nitrogen and oxygen atoms in total. The molecule has 0 saturated carbocycles. The first-order valence-electron chi connectivity index (χ1n) is 6.14. The van der Waals surface area contributed by atoms with Crippen LogP contribution in [-0.2, 0) is 4.79 Å². The third kappa shape index (κ3) is 4.20. The molecule has 1 aromatic carbocycles. The van der Waals surface area contributed by atoms with Crippen LogP contribution in [0, 0.1) is 11.6 Å². The van der Waals surface area contributed by atoms with E-state index in [4.69, 9.17) is 21.7 Å². The fourth-order valence-electron chi connectivity index (χ4n) is 1.42. The molecular formula is C13H12F2N2O6S. The molecule has 1 aromatic heterocycles. The predicted octanol–water partition coefficient (Wildman–Crippen LogP) is 0.204. The number of rotatable bonds is 3. The van der Waals surface area contributed by atoms with E-state index < -0.39 is 52.1 Å². The largest absolute Gasteiger partial charge is 0.503 e. The Bertz CT molecular complexity index is 854. The Morgan fingerprint density at radius 3 is 2.33 bits per heavy atom. The maximum atomic E-state index is 13.3. The summed E-state index contributed by atoms with van der Waals surface area (Å²) >= 11 is 3.73. The number of halogens is 2. The SMILES string of the molecule is NC(=O)[C@@H](N)CS.O=C(O)c1cc2cc(F)c(O)c(F)c2oc1=O. The van der Waals surface area contributed by atoms with Gasteiger partial charge < -0.3 is 26.1 Å². The fourth-order valence-corrected chi connectivity index (χ4v) is 1.60. The Balaban J connectivity index is 0.000000351. The second-order valence-corrected chi connectivity index (χ2v) is 4.75. The lowest BCUT2D eigenvalue weighted by Crippen LogP contribution is -2.37. The van der Waals surface area contributed by atoms with Gasteiger partial charge in [-0.2, -0.15) is 17.0 Å². The molecule has 0 bridgehead atoms. The Labute approximate surface area is 138 Å². The lowest BCUT2D eigenvalue weighted by atomic mass is 10.1. The number of amides is 1. The number of fused-ring (bicyclic) bond motifs is 1. The molecule has 0 aliphatic carbocycles. The van der Waals surface area contributed by atoms with Gasteiger partial charge in [-0.1, -0.05) is 0 Å². The highest BCUT2D eigenvalue weighted by Gasteiger charge is 2.19. The molecule has 6 N–H and O–H groups in total. The van der Waals surface area contributed by atoms with Gasteiger partial charge in [-0.25, -0.2) is 14.0 Å². The van der Waals surface area contributed by atoms with E-state index in [-0.39, 0.29) is 5.39 Å². The van der Waals surface area contributed by atoms with Crippen LogP contribution >= 0.6 is 12.6 Å². The molecule has 130 valence electrons. The van der Waals surface area contributed by atoms with Crippen LogP contribution in [0.2, 0.25) is 0 Å². The Kier molecular flexibility index (Phi) is 6.26. The van der Waals surface area contributed by atoms with Gasteiger partial charge in [0.1, 0.15) is 5.56 Å². The zero-order valence-electron chi connectivity index (χ0n) is 11.8. The summed E-state index contributed by atoms with van der Waals surface area (Å²) in [4.78, 5) is 31.7. The van der Waals surface area contributed by atoms with Gasteiger partial charge in [-0.3, -0.25) is 4.79 Å². The van der Waals surface area contributed by atoms with E-state index in [1.165, 1.54) is 0 Å². The van der Waals surface area contributed by atoms with Crippen LogP contribution in [0.15, 0.2) is 21.3 Å². The number of nitrogens with two attached hydrogens (primary N) is 2. The molecule has 0 spiro atoms. The summed E-state index contributed by atoms with van der Waals surface area (Å²) in [6, 6.07) is 0.849. The lowest BCUT2D eigenvalue weighted by molar-refractivity contribution is -0.118. The van der Waals surface area contributed by atoms with E-state index in [1.54, 1.807) is 0 Å². The van der Waals surface area contributed by atoms with E-state index in [2.05, 4.69) is 17.0 Å². The number of benzene rings is 1. The van der Waals surface area contributed by atoms with E-state index in [0.717, 1.165) is 6.07 Å². The molecule has 2 aromatic rings. The number of aromatic hydroxyl groups is 1. The van der Waals surface area contributed by atoms with Crippen molar-refractivity contribution in [2.75, 3.05) is 5.75 Å². The van der Waals surface area contributed by atoms with Crippen molar-refractivity contribution in [3.05, 3.63) is 39.8 Å². The van der Waals surface area contributed by atoms with Crippen LogP contribution in [0.5, 0.6) is 5.75 Å².